The SMILES string of the molecule is CCC(C)CC(O)Cc1cc(F)ccc1Cl. The summed E-state index contributed by atoms with van der Waals surface area (Å²) in [7, 11) is 0. The lowest BCUT2D eigenvalue weighted by molar-refractivity contribution is 0.144. The predicted molar refractivity (Wildman–Crippen MR) is 65.2 cm³/mol. The lowest BCUT2D eigenvalue weighted by atomic mass is 9.97. The molecule has 0 saturated carbocycles. The van der Waals surface area contributed by atoms with Gasteiger partial charge in [0.1, 0.15) is 5.82 Å². The number of aliphatic hydroxyl groups excluding tert-OH is 1. The highest BCUT2D eigenvalue weighted by Crippen LogP contribution is 2.21. The van der Waals surface area contributed by atoms with E-state index in [0.717, 1.165) is 12.8 Å². The number of rotatable bonds is 5. The minimum absolute atomic E-state index is 0.310. The molecule has 1 N–H and O–H groups in total. The minimum Gasteiger partial charge on any atom is -0.393 e. The van der Waals surface area contributed by atoms with Gasteiger partial charge in [-0.3, -0.25) is 0 Å². The van der Waals surface area contributed by atoms with Gasteiger partial charge in [0.2, 0.25) is 0 Å². The largest absolute Gasteiger partial charge is 0.393 e. The lowest BCUT2D eigenvalue weighted by Crippen LogP contribution is -2.14. The molecule has 0 heterocycles. The van der Waals surface area contributed by atoms with Crippen molar-refractivity contribution in [1.29, 1.82) is 0 Å². The van der Waals surface area contributed by atoms with Crippen LogP contribution in [0.5, 0.6) is 0 Å². The van der Waals surface area contributed by atoms with Crippen LogP contribution in [0.25, 0.3) is 0 Å². The summed E-state index contributed by atoms with van der Waals surface area (Å²) in [5.74, 6) is 0.164. The molecule has 0 aliphatic heterocycles. The second kappa shape index (κ2) is 6.21. The Hall–Kier alpha value is -0.600. The fraction of sp³-hybridized carbons (Fsp3) is 0.538. The first kappa shape index (κ1) is 13.5. The molecule has 0 aliphatic rings. The maximum Gasteiger partial charge on any atom is 0.123 e. The van der Waals surface area contributed by atoms with Gasteiger partial charge >= 0.3 is 0 Å². The summed E-state index contributed by atoms with van der Waals surface area (Å²) >= 11 is 5.93. The Morgan fingerprint density at radius 1 is 1.44 bits per heavy atom. The molecule has 2 unspecified atom stereocenters. The maximum absolute atomic E-state index is 13.0. The number of hydrogen-bond acceptors (Lipinski definition) is 1. The number of benzene rings is 1. The van der Waals surface area contributed by atoms with E-state index in [1.165, 1.54) is 18.2 Å². The Balaban J connectivity index is 2.61. The molecule has 0 saturated heterocycles. The zero-order chi connectivity index (χ0) is 12.1. The average molecular weight is 245 g/mol. The van der Waals surface area contributed by atoms with Crippen LogP contribution in [0.1, 0.15) is 32.3 Å². The van der Waals surface area contributed by atoms with Crippen LogP contribution < -0.4 is 0 Å². The highest BCUT2D eigenvalue weighted by Gasteiger charge is 2.12. The number of halogens is 2. The van der Waals surface area contributed by atoms with Crippen LogP contribution in [-0.4, -0.2) is 11.2 Å². The quantitative estimate of drug-likeness (QED) is 0.835. The zero-order valence-corrected chi connectivity index (χ0v) is 10.5. The molecule has 1 rings (SSSR count). The Kier molecular flexibility index (Phi) is 5.23. The smallest absolute Gasteiger partial charge is 0.123 e. The molecule has 1 nitrogen and oxygen atoms in total. The summed E-state index contributed by atoms with van der Waals surface area (Å²) in [5.41, 5.74) is 0.678. The van der Waals surface area contributed by atoms with Crippen LogP contribution in [0.4, 0.5) is 4.39 Å². The molecule has 16 heavy (non-hydrogen) atoms. The van der Waals surface area contributed by atoms with Crippen molar-refractivity contribution in [3.05, 3.63) is 34.6 Å². The van der Waals surface area contributed by atoms with Crippen molar-refractivity contribution in [2.75, 3.05) is 0 Å². The topological polar surface area (TPSA) is 20.2 Å². The van der Waals surface area contributed by atoms with Gasteiger partial charge < -0.3 is 5.11 Å². The maximum atomic E-state index is 13.0. The Morgan fingerprint density at radius 3 is 2.75 bits per heavy atom. The molecule has 0 amide bonds. The molecule has 0 bridgehead atoms. The van der Waals surface area contributed by atoms with Crippen LogP contribution in [-0.2, 0) is 6.42 Å². The van der Waals surface area contributed by atoms with Crippen LogP contribution in [0.15, 0.2) is 18.2 Å². The van der Waals surface area contributed by atoms with E-state index in [9.17, 15) is 9.50 Å². The molecule has 0 radical (unpaired) electrons. The normalized spacial score (nSPS) is 14.8. The van der Waals surface area contributed by atoms with Gasteiger partial charge in [-0.05, 0) is 42.5 Å². The fourth-order valence-electron chi connectivity index (χ4n) is 1.67. The van der Waals surface area contributed by atoms with Gasteiger partial charge in [0, 0.05) is 5.02 Å². The van der Waals surface area contributed by atoms with E-state index >= 15 is 0 Å². The Morgan fingerprint density at radius 2 is 2.12 bits per heavy atom. The van der Waals surface area contributed by atoms with Crippen molar-refractivity contribution in [2.45, 2.75) is 39.2 Å². The first-order valence-electron chi connectivity index (χ1n) is 5.65. The molecule has 3 heteroatoms. The van der Waals surface area contributed by atoms with Crippen LogP contribution >= 0.6 is 11.6 Å². The molecule has 0 aliphatic carbocycles. The van der Waals surface area contributed by atoms with E-state index < -0.39 is 6.10 Å². The fourth-order valence-corrected chi connectivity index (χ4v) is 1.86. The zero-order valence-electron chi connectivity index (χ0n) is 9.71. The van der Waals surface area contributed by atoms with E-state index in [2.05, 4.69) is 13.8 Å². The van der Waals surface area contributed by atoms with Crippen molar-refractivity contribution in [2.24, 2.45) is 5.92 Å². The average Bonchev–Trinajstić information content (AvgIpc) is 2.23. The lowest BCUT2D eigenvalue weighted by Gasteiger charge is -2.15. The summed E-state index contributed by atoms with van der Waals surface area (Å²) < 4.78 is 13.0. The summed E-state index contributed by atoms with van der Waals surface area (Å²) in [6.07, 6.45) is 1.73. The van der Waals surface area contributed by atoms with Crippen molar-refractivity contribution >= 4 is 11.6 Å². The molecule has 0 spiro atoms. The third kappa shape index (κ3) is 4.11. The van der Waals surface area contributed by atoms with Crippen molar-refractivity contribution in [1.82, 2.24) is 0 Å². The van der Waals surface area contributed by atoms with Gasteiger partial charge in [-0.25, -0.2) is 4.39 Å². The second-order valence-electron chi connectivity index (χ2n) is 4.34. The van der Waals surface area contributed by atoms with E-state index in [0.29, 0.717) is 22.9 Å². The van der Waals surface area contributed by atoms with E-state index in [1.54, 1.807) is 0 Å². The van der Waals surface area contributed by atoms with Gasteiger partial charge in [-0.15, -0.1) is 0 Å². The summed E-state index contributed by atoms with van der Waals surface area (Å²) in [4.78, 5) is 0. The molecular weight excluding hydrogens is 227 g/mol. The highest BCUT2D eigenvalue weighted by atomic mass is 35.5. The first-order valence-corrected chi connectivity index (χ1v) is 6.02. The van der Waals surface area contributed by atoms with Crippen LogP contribution in [0.2, 0.25) is 5.02 Å². The predicted octanol–water partition coefficient (Wildman–Crippen LogP) is 3.82. The summed E-state index contributed by atoms with van der Waals surface area (Å²) in [5, 5.41) is 10.4. The third-order valence-corrected chi connectivity index (χ3v) is 3.20. The van der Waals surface area contributed by atoms with Crippen molar-refractivity contribution in [3.63, 3.8) is 0 Å². The standard InChI is InChI=1S/C13H18ClFO/c1-3-9(2)6-12(16)8-10-7-11(15)4-5-13(10)14/h4-5,7,9,12,16H,3,6,8H2,1-2H3. The molecule has 0 fully saturated rings. The monoisotopic (exact) mass is 244 g/mol. The van der Waals surface area contributed by atoms with Crippen LogP contribution in [0.3, 0.4) is 0 Å². The Labute approximate surface area is 101 Å². The molecule has 1 aromatic rings. The molecule has 90 valence electrons. The first-order chi connectivity index (χ1) is 7.52. The van der Waals surface area contributed by atoms with Gasteiger partial charge in [-0.1, -0.05) is 31.9 Å². The number of hydrogen-bond donors (Lipinski definition) is 1. The molecule has 1 aromatic carbocycles. The van der Waals surface area contributed by atoms with Gasteiger partial charge in [0.05, 0.1) is 6.10 Å². The number of aliphatic hydroxyl groups is 1. The Bertz CT molecular complexity index is 341. The van der Waals surface area contributed by atoms with Gasteiger partial charge in [0.15, 0.2) is 0 Å². The van der Waals surface area contributed by atoms with Gasteiger partial charge in [0.25, 0.3) is 0 Å². The molecule has 0 aromatic heterocycles. The third-order valence-electron chi connectivity index (χ3n) is 2.83. The van der Waals surface area contributed by atoms with Gasteiger partial charge in [-0.2, -0.15) is 0 Å². The van der Waals surface area contributed by atoms with Crippen molar-refractivity contribution in [3.8, 4) is 0 Å². The van der Waals surface area contributed by atoms with E-state index in [4.69, 9.17) is 11.6 Å². The molecule has 2 atom stereocenters. The highest BCUT2D eigenvalue weighted by molar-refractivity contribution is 6.31. The molecular formula is C13H18ClFO. The summed E-state index contributed by atoms with van der Waals surface area (Å²) in [6.45, 7) is 4.18. The van der Waals surface area contributed by atoms with E-state index in [1.807, 2.05) is 0 Å². The van der Waals surface area contributed by atoms with Crippen LogP contribution in [0, 0.1) is 11.7 Å². The van der Waals surface area contributed by atoms with Crippen molar-refractivity contribution < 1.29 is 9.50 Å². The minimum atomic E-state index is -0.450. The summed E-state index contributed by atoms with van der Waals surface area (Å²) in [6, 6.07) is 4.25. The second-order valence-corrected chi connectivity index (χ2v) is 4.75. The van der Waals surface area contributed by atoms with E-state index in [-0.39, 0.29) is 5.82 Å².